The maximum absolute atomic E-state index is 9.81. The van der Waals surface area contributed by atoms with E-state index < -0.39 is 30.6 Å². The Morgan fingerprint density at radius 1 is 1.14 bits per heavy atom. The van der Waals surface area contributed by atoms with Crippen molar-refractivity contribution in [3.8, 4) is 0 Å². The van der Waals surface area contributed by atoms with Gasteiger partial charge in [0, 0.05) is 0 Å². The van der Waals surface area contributed by atoms with E-state index in [2.05, 4.69) is 0 Å². The number of aliphatic carboxylic acids is 2. The van der Waals surface area contributed by atoms with Gasteiger partial charge in [-0.1, -0.05) is 6.92 Å². The molecule has 7 heteroatoms. The zero-order valence-corrected chi connectivity index (χ0v) is 7.88. The molecule has 0 aromatic heterocycles. The fourth-order valence-corrected chi connectivity index (χ4v) is 0.253. The summed E-state index contributed by atoms with van der Waals surface area (Å²) in [6.45, 7) is 1.23. The summed E-state index contributed by atoms with van der Waals surface area (Å²) in [5, 5.41) is 24.0. The first-order valence-corrected chi connectivity index (χ1v) is 3.94. The van der Waals surface area contributed by atoms with E-state index in [1.165, 1.54) is 0 Å². The van der Waals surface area contributed by atoms with Crippen LogP contribution in [0, 0.1) is 0 Å². The zero-order valence-electron chi connectivity index (χ0n) is 7.88. The van der Waals surface area contributed by atoms with E-state index in [9.17, 15) is 9.59 Å². The van der Waals surface area contributed by atoms with Crippen molar-refractivity contribution >= 4 is 11.9 Å². The highest BCUT2D eigenvalue weighted by atomic mass is 16.4. The lowest BCUT2D eigenvalue weighted by Crippen LogP contribution is -2.33. The number of rotatable bonds is 4. The Labute approximate surface area is 81.3 Å². The minimum Gasteiger partial charge on any atom is -0.480 e. The molecular formula is C7H16N2O5. The van der Waals surface area contributed by atoms with Crippen molar-refractivity contribution in [2.24, 2.45) is 11.5 Å². The number of hydrogen-bond acceptors (Lipinski definition) is 5. The SMILES string of the molecule is CCC(N)C(=O)O.NC(CO)C(=O)O. The van der Waals surface area contributed by atoms with Gasteiger partial charge in [-0.05, 0) is 6.42 Å². The third-order valence-electron chi connectivity index (χ3n) is 1.27. The highest BCUT2D eigenvalue weighted by Crippen LogP contribution is 1.82. The molecule has 0 bridgehead atoms. The van der Waals surface area contributed by atoms with Crippen LogP contribution in [-0.4, -0.2) is 45.9 Å². The Kier molecular flexibility index (Phi) is 9.20. The van der Waals surface area contributed by atoms with E-state index in [0.29, 0.717) is 6.42 Å². The van der Waals surface area contributed by atoms with Crippen LogP contribution in [0.25, 0.3) is 0 Å². The largest absolute Gasteiger partial charge is 0.480 e. The van der Waals surface area contributed by atoms with Crippen LogP contribution in [0.2, 0.25) is 0 Å². The van der Waals surface area contributed by atoms with E-state index >= 15 is 0 Å². The topological polar surface area (TPSA) is 147 Å². The molecule has 7 nitrogen and oxygen atoms in total. The Balaban J connectivity index is 0. The fourth-order valence-electron chi connectivity index (χ4n) is 0.253. The zero-order chi connectivity index (χ0) is 11.7. The molecule has 0 aromatic rings. The molecule has 0 aliphatic heterocycles. The third-order valence-corrected chi connectivity index (χ3v) is 1.27. The molecule has 0 radical (unpaired) electrons. The lowest BCUT2D eigenvalue weighted by molar-refractivity contribution is -0.140. The molecular weight excluding hydrogens is 192 g/mol. The maximum Gasteiger partial charge on any atom is 0.322 e. The minimum absolute atomic E-state index is 0.495. The molecule has 0 saturated carbocycles. The summed E-state index contributed by atoms with van der Waals surface area (Å²) in [6.07, 6.45) is 0.495. The van der Waals surface area contributed by atoms with Gasteiger partial charge in [-0.25, -0.2) is 0 Å². The van der Waals surface area contributed by atoms with Gasteiger partial charge in [0.25, 0.3) is 0 Å². The van der Waals surface area contributed by atoms with Crippen LogP contribution in [0.15, 0.2) is 0 Å². The van der Waals surface area contributed by atoms with E-state index in [0.717, 1.165) is 0 Å². The van der Waals surface area contributed by atoms with Crippen molar-refractivity contribution in [2.75, 3.05) is 6.61 Å². The predicted molar refractivity (Wildman–Crippen MR) is 48.6 cm³/mol. The molecule has 2 atom stereocenters. The van der Waals surface area contributed by atoms with E-state index in [-0.39, 0.29) is 0 Å². The summed E-state index contributed by atoms with van der Waals surface area (Å²) < 4.78 is 0. The summed E-state index contributed by atoms with van der Waals surface area (Å²) in [5.41, 5.74) is 9.78. The van der Waals surface area contributed by atoms with E-state index in [1.54, 1.807) is 6.92 Å². The molecule has 84 valence electrons. The monoisotopic (exact) mass is 208 g/mol. The van der Waals surface area contributed by atoms with Crippen molar-refractivity contribution in [2.45, 2.75) is 25.4 Å². The van der Waals surface area contributed by atoms with E-state index in [4.69, 9.17) is 26.8 Å². The molecule has 14 heavy (non-hydrogen) atoms. The summed E-state index contributed by atoms with van der Waals surface area (Å²) in [6, 6.07) is -1.81. The van der Waals surface area contributed by atoms with E-state index in [1.807, 2.05) is 0 Å². The first kappa shape index (κ1) is 15.3. The van der Waals surface area contributed by atoms with Crippen LogP contribution < -0.4 is 11.5 Å². The number of carboxylic acid groups (broad SMARTS) is 2. The number of aliphatic hydroxyl groups excluding tert-OH is 1. The number of aliphatic hydroxyl groups is 1. The van der Waals surface area contributed by atoms with Gasteiger partial charge in [-0.2, -0.15) is 0 Å². The van der Waals surface area contributed by atoms with Crippen LogP contribution in [0.1, 0.15) is 13.3 Å². The van der Waals surface area contributed by atoms with Gasteiger partial charge in [0.2, 0.25) is 0 Å². The van der Waals surface area contributed by atoms with Crippen LogP contribution in [0.3, 0.4) is 0 Å². The quantitative estimate of drug-likeness (QED) is 0.366. The Morgan fingerprint density at radius 2 is 1.50 bits per heavy atom. The van der Waals surface area contributed by atoms with Crippen molar-refractivity contribution in [3.63, 3.8) is 0 Å². The second-order valence-electron chi connectivity index (χ2n) is 2.48. The molecule has 0 aliphatic carbocycles. The van der Waals surface area contributed by atoms with Crippen LogP contribution in [0.4, 0.5) is 0 Å². The summed E-state index contributed by atoms with van der Waals surface area (Å²) in [4.78, 5) is 19.5. The van der Waals surface area contributed by atoms with Gasteiger partial charge in [-0.3, -0.25) is 9.59 Å². The number of hydrogen-bond donors (Lipinski definition) is 5. The highest BCUT2D eigenvalue weighted by Gasteiger charge is 2.07. The molecule has 0 aromatic carbocycles. The van der Waals surface area contributed by atoms with Crippen molar-refractivity contribution in [1.29, 1.82) is 0 Å². The highest BCUT2D eigenvalue weighted by molar-refractivity contribution is 5.73. The molecule has 2 unspecified atom stereocenters. The van der Waals surface area contributed by atoms with Crippen LogP contribution >= 0.6 is 0 Å². The molecule has 7 N–H and O–H groups in total. The van der Waals surface area contributed by atoms with Gasteiger partial charge < -0.3 is 26.8 Å². The molecule has 0 spiro atoms. The number of carbonyl (C=O) groups is 2. The first-order valence-electron chi connectivity index (χ1n) is 3.94. The Morgan fingerprint density at radius 3 is 1.50 bits per heavy atom. The van der Waals surface area contributed by atoms with Gasteiger partial charge in [-0.15, -0.1) is 0 Å². The van der Waals surface area contributed by atoms with Crippen LogP contribution in [0.5, 0.6) is 0 Å². The Bertz CT molecular complexity index is 165. The average Bonchev–Trinajstić information content (AvgIpc) is 2.15. The van der Waals surface area contributed by atoms with Crippen molar-refractivity contribution in [1.82, 2.24) is 0 Å². The lowest BCUT2D eigenvalue weighted by atomic mass is 10.2. The standard InChI is InChI=1S/C4H9NO2.C3H7NO3/c1-2-3(5)4(6)7;4-2(1-5)3(6)7/h3H,2,5H2,1H3,(H,6,7);2,5H,1,4H2,(H,6,7). The normalized spacial score (nSPS) is 13.4. The second-order valence-corrected chi connectivity index (χ2v) is 2.48. The third kappa shape index (κ3) is 8.91. The maximum atomic E-state index is 9.81. The summed E-state index contributed by atoms with van der Waals surface area (Å²) in [7, 11) is 0. The minimum atomic E-state index is -1.18. The summed E-state index contributed by atoms with van der Waals surface area (Å²) >= 11 is 0. The molecule has 0 fully saturated rings. The van der Waals surface area contributed by atoms with Crippen molar-refractivity contribution < 1.29 is 24.9 Å². The number of carboxylic acids is 2. The van der Waals surface area contributed by atoms with Crippen molar-refractivity contribution in [3.05, 3.63) is 0 Å². The van der Waals surface area contributed by atoms with Gasteiger partial charge in [0.1, 0.15) is 12.1 Å². The summed E-state index contributed by atoms with van der Waals surface area (Å²) in [5.74, 6) is -2.11. The molecule has 0 aliphatic rings. The molecule has 0 amide bonds. The second kappa shape index (κ2) is 8.42. The molecule has 0 saturated heterocycles. The van der Waals surface area contributed by atoms with Crippen LogP contribution in [-0.2, 0) is 9.59 Å². The molecule has 0 heterocycles. The fraction of sp³-hybridized carbons (Fsp3) is 0.714. The predicted octanol–water partition coefficient (Wildman–Crippen LogP) is -1.80. The Hall–Kier alpha value is -1.18. The average molecular weight is 208 g/mol. The number of nitrogens with two attached hydrogens (primary N) is 2. The smallest absolute Gasteiger partial charge is 0.322 e. The molecule has 0 rings (SSSR count). The van der Waals surface area contributed by atoms with Gasteiger partial charge in [0.05, 0.1) is 6.61 Å². The van der Waals surface area contributed by atoms with Gasteiger partial charge in [0.15, 0.2) is 0 Å². The lowest BCUT2D eigenvalue weighted by Gasteiger charge is -1.97. The first-order chi connectivity index (χ1) is 6.36. The van der Waals surface area contributed by atoms with Gasteiger partial charge >= 0.3 is 11.9 Å².